The zero-order valence-electron chi connectivity index (χ0n) is 10.3. The first-order valence-corrected chi connectivity index (χ1v) is 6.10. The van der Waals surface area contributed by atoms with E-state index < -0.39 is 0 Å². The van der Waals surface area contributed by atoms with Crippen molar-refractivity contribution in [2.45, 2.75) is 13.0 Å². The van der Waals surface area contributed by atoms with E-state index in [2.05, 4.69) is 54.7 Å². The second-order valence-corrected chi connectivity index (χ2v) is 4.48. The molecular weight excluding hydrogens is 222 g/mol. The van der Waals surface area contributed by atoms with Gasteiger partial charge in [-0.15, -0.1) is 0 Å². The van der Waals surface area contributed by atoms with Crippen molar-refractivity contribution in [1.82, 2.24) is 0 Å². The van der Waals surface area contributed by atoms with Crippen molar-refractivity contribution in [2.75, 3.05) is 5.32 Å². The molecule has 1 N–H and O–H groups in total. The van der Waals surface area contributed by atoms with Gasteiger partial charge in [-0.1, -0.05) is 30.3 Å². The van der Waals surface area contributed by atoms with E-state index in [0.717, 1.165) is 11.3 Å². The minimum atomic E-state index is 0.241. The molecule has 1 atom stereocenters. The average Bonchev–Trinajstić information content (AvgIpc) is 2.92. The van der Waals surface area contributed by atoms with Gasteiger partial charge < -0.3 is 9.73 Å². The third-order valence-corrected chi connectivity index (χ3v) is 3.18. The molecule has 0 aliphatic carbocycles. The van der Waals surface area contributed by atoms with Crippen molar-refractivity contribution in [2.24, 2.45) is 0 Å². The van der Waals surface area contributed by atoms with Gasteiger partial charge in [0.25, 0.3) is 0 Å². The Morgan fingerprint density at radius 2 is 1.83 bits per heavy atom. The Hall–Kier alpha value is -2.22. The molecular formula is C16H15NO. The number of anilines is 1. The van der Waals surface area contributed by atoms with Gasteiger partial charge in [-0.2, -0.15) is 0 Å². The van der Waals surface area contributed by atoms with Gasteiger partial charge in [-0.3, -0.25) is 0 Å². The van der Waals surface area contributed by atoms with Crippen LogP contribution in [0, 0.1) is 0 Å². The third kappa shape index (κ3) is 2.09. The number of benzene rings is 2. The molecule has 2 nitrogen and oxygen atoms in total. The van der Waals surface area contributed by atoms with Gasteiger partial charge in [0.05, 0.1) is 18.6 Å². The number of hydrogen-bond acceptors (Lipinski definition) is 2. The standard InChI is InChI=1S/C16H15NO/c1-12(15-8-9-18-11-15)17-16-7-6-13-4-2-3-5-14(13)10-16/h2-12,17H,1H3. The first-order chi connectivity index (χ1) is 8.83. The van der Waals surface area contributed by atoms with Crippen LogP contribution in [0.15, 0.2) is 65.5 Å². The largest absolute Gasteiger partial charge is 0.472 e. The highest BCUT2D eigenvalue weighted by atomic mass is 16.3. The summed E-state index contributed by atoms with van der Waals surface area (Å²) in [5.74, 6) is 0. The van der Waals surface area contributed by atoms with E-state index in [9.17, 15) is 0 Å². The lowest BCUT2D eigenvalue weighted by molar-refractivity contribution is 0.562. The smallest absolute Gasteiger partial charge is 0.0955 e. The van der Waals surface area contributed by atoms with E-state index in [1.165, 1.54) is 10.8 Å². The summed E-state index contributed by atoms with van der Waals surface area (Å²) in [5.41, 5.74) is 2.28. The van der Waals surface area contributed by atoms with Crippen LogP contribution < -0.4 is 5.32 Å². The van der Waals surface area contributed by atoms with Crippen LogP contribution in [0.3, 0.4) is 0 Å². The minimum absolute atomic E-state index is 0.241. The number of rotatable bonds is 3. The normalized spacial score (nSPS) is 12.5. The first kappa shape index (κ1) is 10.9. The summed E-state index contributed by atoms with van der Waals surface area (Å²) in [7, 11) is 0. The van der Waals surface area contributed by atoms with Crippen LogP contribution in [0.25, 0.3) is 10.8 Å². The maximum Gasteiger partial charge on any atom is 0.0955 e. The third-order valence-electron chi connectivity index (χ3n) is 3.18. The summed E-state index contributed by atoms with van der Waals surface area (Å²) in [6, 6.07) is 17.0. The summed E-state index contributed by atoms with van der Waals surface area (Å²) in [5, 5.41) is 5.99. The lowest BCUT2D eigenvalue weighted by Crippen LogP contribution is -2.05. The molecule has 3 rings (SSSR count). The molecule has 2 aromatic carbocycles. The van der Waals surface area contributed by atoms with E-state index in [-0.39, 0.29) is 6.04 Å². The second kappa shape index (κ2) is 4.57. The molecule has 0 fully saturated rings. The molecule has 1 aromatic heterocycles. The Morgan fingerprint density at radius 3 is 2.61 bits per heavy atom. The van der Waals surface area contributed by atoms with Crippen molar-refractivity contribution in [3.63, 3.8) is 0 Å². The molecule has 0 saturated heterocycles. The Balaban J connectivity index is 1.86. The fourth-order valence-corrected chi connectivity index (χ4v) is 2.13. The zero-order chi connectivity index (χ0) is 12.4. The Kier molecular flexibility index (Phi) is 2.77. The summed E-state index contributed by atoms with van der Waals surface area (Å²) >= 11 is 0. The maximum absolute atomic E-state index is 5.10. The summed E-state index contributed by atoms with van der Waals surface area (Å²) in [6.45, 7) is 2.13. The molecule has 3 aromatic rings. The van der Waals surface area contributed by atoms with E-state index in [1.54, 1.807) is 12.5 Å². The maximum atomic E-state index is 5.10. The highest BCUT2D eigenvalue weighted by molar-refractivity contribution is 5.85. The van der Waals surface area contributed by atoms with Crippen molar-refractivity contribution < 1.29 is 4.42 Å². The van der Waals surface area contributed by atoms with Crippen molar-refractivity contribution in [1.29, 1.82) is 0 Å². The van der Waals surface area contributed by atoms with Crippen LogP contribution >= 0.6 is 0 Å². The van der Waals surface area contributed by atoms with Crippen LogP contribution in [0.4, 0.5) is 5.69 Å². The van der Waals surface area contributed by atoms with Gasteiger partial charge in [-0.05, 0) is 35.9 Å². The molecule has 1 unspecified atom stereocenters. The molecule has 0 amide bonds. The Bertz CT molecular complexity index is 643. The van der Waals surface area contributed by atoms with Crippen molar-refractivity contribution >= 4 is 16.5 Å². The highest BCUT2D eigenvalue weighted by Crippen LogP contribution is 2.23. The molecule has 0 radical (unpaired) electrons. The molecule has 90 valence electrons. The van der Waals surface area contributed by atoms with Crippen LogP contribution in [0.2, 0.25) is 0 Å². The SMILES string of the molecule is CC(Nc1ccc2ccccc2c1)c1ccoc1. The Labute approximate surface area is 106 Å². The first-order valence-electron chi connectivity index (χ1n) is 6.10. The zero-order valence-corrected chi connectivity index (χ0v) is 10.3. The van der Waals surface area contributed by atoms with Crippen LogP contribution in [-0.2, 0) is 0 Å². The molecule has 0 bridgehead atoms. The number of nitrogens with one attached hydrogen (secondary N) is 1. The second-order valence-electron chi connectivity index (χ2n) is 4.48. The van der Waals surface area contributed by atoms with Gasteiger partial charge >= 0.3 is 0 Å². The lowest BCUT2D eigenvalue weighted by atomic mass is 10.1. The van der Waals surface area contributed by atoms with Crippen LogP contribution in [0.1, 0.15) is 18.5 Å². The average molecular weight is 237 g/mol. The fraction of sp³-hybridized carbons (Fsp3) is 0.125. The van der Waals surface area contributed by atoms with Gasteiger partial charge in [0.1, 0.15) is 0 Å². The van der Waals surface area contributed by atoms with Gasteiger partial charge in [0.2, 0.25) is 0 Å². The Morgan fingerprint density at radius 1 is 1.00 bits per heavy atom. The number of fused-ring (bicyclic) bond motifs is 1. The summed E-state index contributed by atoms with van der Waals surface area (Å²) in [6.07, 6.45) is 3.48. The molecule has 0 aliphatic heterocycles. The molecule has 0 spiro atoms. The summed E-state index contributed by atoms with van der Waals surface area (Å²) in [4.78, 5) is 0. The summed E-state index contributed by atoms with van der Waals surface area (Å²) < 4.78 is 5.10. The van der Waals surface area contributed by atoms with E-state index in [4.69, 9.17) is 4.42 Å². The predicted molar refractivity (Wildman–Crippen MR) is 74.7 cm³/mol. The van der Waals surface area contributed by atoms with E-state index in [0.29, 0.717) is 0 Å². The topological polar surface area (TPSA) is 25.2 Å². The predicted octanol–water partition coefficient (Wildman–Crippen LogP) is 4.61. The lowest BCUT2D eigenvalue weighted by Gasteiger charge is -2.14. The molecule has 0 aliphatic rings. The number of hydrogen-bond donors (Lipinski definition) is 1. The van der Waals surface area contributed by atoms with E-state index >= 15 is 0 Å². The highest BCUT2D eigenvalue weighted by Gasteiger charge is 2.06. The quantitative estimate of drug-likeness (QED) is 0.719. The minimum Gasteiger partial charge on any atom is -0.472 e. The molecule has 0 saturated carbocycles. The van der Waals surface area contributed by atoms with Crippen molar-refractivity contribution in [3.05, 3.63) is 66.6 Å². The molecule has 2 heteroatoms. The molecule has 1 heterocycles. The van der Waals surface area contributed by atoms with Gasteiger partial charge in [-0.25, -0.2) is 0 Å². The van der Waals surface area contributed by atoms with E-state index in [1.807, 2.05) is 6.07 Å². The number of furan rings is 1. The van der Waals surface area contributed by atoms with Crippen molar-refractivity contribution in [3.8, 4) is 0 Å². The van der Waals surface area contributed by atoms with Crippen LogP contribution in [0.5, 0.6) is 0 Å². The van der Waals surface area contributed by atoms with Gasteiger partial charge in [0, 0.05) is 11.3 Å². The molecule has 18 heavy (non-hydrogen) atoms. The monoisotopic (exact) mass is 237 g/mol. The van der Waals surface area contributed by atoms with Gasteiger partial charge in [0.15, 0.2) is 0 Å². The van der Waals surface area contributed by atoms with Crippen LogP contribution in [-0.4, -0.2) is 0 Å². The fourth-order valence-electron chi connectivity index (χ4n) is 2.13.